The molecular formula is C24H23F2N5O4S. The van der Waals surface area contributed by atoms with Gasteiger partial charge in [0, 0.05) is 45.1 Å². The largest absolute Gasteiger partial charge is 0.502 e. The van der Waals surface area contributed by atoms with Crippen LogP contribution in [0.25, 0.3) is 10.6 Å². The second-order valence-corrected chi connectivity index (χ2v) is 10.0. The van der Waals surface area contributed by atoms with E-state index in [0.29, 0.717) is 30.8 Å². The number of ketones is 1. The van der Waals surface area contributed by atoms with Crippen LogP contribution in [0.3, 0.4) is 0 Å². The van der Waals surface area contributed by atoms with E-state index in [1.165, 1.54) is 16.9 Å². The molecule has 12 heteroatoms. The Bertz CT molecular complexity index is 1450. The van der Waals surface area contributed by atoms with Crippen LogP contribution < -0.4 is 10.4 Å². The lowest BCUT2D eigenvalue weighted by Crippen LogP contribution is -2.70. The smallest absolute Gasteiger partial charge is 0.278 e. The van der Waals surface area contributed by atoms with Gasteiger partial charge < -0.3 is 10.0 Å². The van der Waals surface area contributed by atoms with Gasteiger partial charge in [-0.2, -0.15) is 0 Å². The number of hydrogen-bond acceptors (Lipinski definition) is 8. The Kier molecular flexibility index (Phi) is 5.86. The first kappa shape index (κ1) is 24.0. The molecule has 188 valence electrons. The van der Waals surface area contributed by atoms with Crippen LogP contribution in [0.2, 0.25) is 0 Å². The number of pyridine rings is 1. The Balaban J connectivity index is 1.58. The first-order valence-corrected chi connectivity index (χ1v) is 12.3. The summed E-state index contributed by atoms with van der Waals surface area (Å²) in [5.74, 6) is -2.62. The minimum atomic E-state index is -0.917. The molecule has 1 unspecified atom stereocenters. The number of aromatic hydroxyl groups is 1. The summed E-state index contributed by atoms with van der Waals surface area (Å²) in [6.45, 7) is 2.09. The predicted octanol–water partition coefficient (Wildman–Crippen LogP) is 2.82. The summed E-state index contributed by atoms with van der Waals surface area (Å²) < 4.78 is 28.7. The zero-order valence-corrected chi connectivity index (χ0v) is 20.4. The summed E-state index contributed by atoms with van der Waals surface area (Å²) in [5, 5.41) is 21.2. The third-order valence-electron chi connectivity index (χ3n) is 6.92. The SMILES string of the molecule is CCN1C(=O)c2c(O)c(=O)c(-c3nnc(Cc4ccc(F)cc4F)s3)cn2N(C)C12CCCC(=O)C2. The predicted molar refractivity (Wildman–Crippen MR) is 127 cm³/mol. The summed E-state index contributed by atoms with van der Waals surface area (Å²) in [5.41, 5.74) is -1.65. The molecule has 0 saturated heterocycles. The Morgan fingerprint density at radius 3 is 2.67 bits per heavy atom. The van der Waals surface area contributed by atoms with Crippen LogP contribution in [-0.4, -0.2) is 55.8 Å². The molecule has 1 atom stereocenters. The van der Waals surface area contributed by atoms with E-state index in [1.807, 2.05) is 0 Å². The van der Waals surface area contributed by atoms with Crippen molar-refractivity contribution in [1.82, 2.24) is 19.8 Å². The minimum absolute atomic E-state index is 0.0152. The molecule has 1 amide bonds. The van der Waals surface area contributed by atoms with Crippen molar-refractivity contribution in [1.29, 1.82) is 0 Å². The highest BCUT2D eigenvalue weighted by Crippen LogP contribution is 2.39. The molecule has 1 N–H and O–H groups in total. The van der Waals surface area contributed by atoms with Crippen molar-refractivity contribution in [3.05, 3.63) is 62.5 Å². The topological polar surface area (TPSA) is 109 Å². The van der Waals surface area contributed by atoms with E-state index >= 15 is 0 Å². The average molecular weight is 516 g/mol. The lowest BCUT2D eigenvalue weighted by Gasteiger charge is -2.55. The molecule has 36 heavy (non-hydrogen) atoms. The Labute approximate surface area is 208 Å². The number of aromatic nitrogens is 3. The van der Waals surface area contributed by atoms with Crippen molar-refractivity contribution in [3.63, 3.8) is 0 Å². The maximum atomic E-state index is 14.1. The first-order valence-electron chi connectivity index (χ1n) is 11.5. The Morgan fingerprint density at radius 1 is 1.19 bits per heavy atom. The van der Waals surface area contributed by atoms with Crippen molar-refractivity contribution in [3.8, 4) is 16.3 Å². The van der Waals surface area contributed by atoms with Crippen LogP contribution in [0.1, 0.15) is 53.7 Å². The molecule has 0 radical (unpaired) electrons. The molecule has 1 spiro atoms. The average Bonchev–Trinajstić information content (AvgIpc) is 3.30. The number of halogens is 2. The minimum Gasteiger partial charge on any atom is -0.502 e. The van der Waals surface area contributed by atoms with Gasteiger partial charge in [-0.05, 0) is 31.4 Å². The van der Waals surface area contributed by atoms with Crippen LogP contribution in [0.5, 0.6) is 5.75 Å². The molecule has 2 aliphatic rings. The molecule has 3 aromatic rings. The summed E-state index contributed by atoms with van der Waals surface area (Å²) in [4.78, 5) is 40.5. The summed E-state index contributed by atoms with van der Waals surface area (Å²) >= 11 is 1.03. The monoisotopic (exact) mass is 515 g/mol. The highest BCUT2D eigenvalue weighted by molar-refractivity contribution is 7.14. The van der Waals surface area contributed by atoms with Gasteiger partial charge >= 0.3 is 0 Å². The Morgan fingerprint density at radius 2 is 1.97 bits per heavy atom. The van der Waals surface area contributed by atoms with Crippen molar-refractivity contribution >= 4 is 23.0 Å². The maximum absolute atomic E-state index is 14.1. The van der Waals surface area contributed by atoms with Crippen LogP contribution in [-0.2, 0) is 11.2 Å². The van der Waals surface area contributed by atoms with Crippen molar-refractivity contribution in [2.75, 3.05) is 18.6 Å². The van der Waals surface area contributed by atoms with Gasteiger partial charge in [-0.25, -0.2) is 8.78 Å². The molecule has 1 aromatic carbocycles. The van der Waals surface area contributed by atoms with Gasteiger partial charge in [0.15, 0.2) is 16.5 Å². The molecule has 1 aliphatic heterocycles. The standard InChI is InChI=1S/C24H23F2N5O4S/c1-3-30-23(35)19-21(34)20(33)16(12-31(19)29(2)24(30)8-4-5-15(32)11-24)22-28-27-18(36-22)9-13-6-7-14(25)10-17(13)26/h6-7,10,12,34H,3-5,8-9,11H2,1-2H3. The summed E-state index contributed by atoms with van der Waals surface area (Å²) in [6.07, 6.45) is 3.21. The highest BCUT2D eigenvalue weighted by Gasteiger charge is 2.51. The third-order valence-corrected chi connectivity index (χ3v) is 7.88. The summed E-state index contributed by atoms with van der Waals surface area (Å²) in [7, 11) is 1.72. The molecule has 3 heterocycles. The molecular weight excluding hydrogens is 492 g/mol. The fraction of sp³-hybridized carbons (Fsp3) is 0.375. The van der Waals surface area contributed by atoms with Gasteiger partial charge in [-0.1, -0.05) is 17.4 Å². The van der Waals surface area contributed by atoms with Crippen molar-refractivity contribution < 1.29 is 23.5 Å². The lowest BCUT2D eigenvalue weighted by atomic mass is 9.85. The number of fused-ring (bicyclic) bond motifs is 1. The van der Waals surface area contributed by atoms with Crippen LogP contribution in [0.4, 0.5) is 8.78 Å². The number of amides is 1. The second kappa shape index (κ2) is 8.77. The number of carbonyl (C=O) groups is 2. The van der Waals surface area contributed by atoms with Crippen molar-refractivity contribution in [2.24, 2.45) is 0 Å². The zero-order chi connectivity index (χ0) is 25.8. The van der Waals surface area contributed by atoms with Crippen LogP contribution in [0, 0.1) is 11.6 Å². The van der Waals surface area contributed by atoms with Crippen LogP contribution >= 0.6 is 11.3 Å². The van der Waals surface area contributed by atoms with Gasteiger partial charge in [0.2, 0.25) is 5.43 Å². The molecule has 2 aromatic heterocycles. The van der Waals surface area contributed by atoms with Gasteiger partial charge in [-0.3, -0.25) is 24.1 Å². The number of hydrogen-bond donors (Lipinski definition) is 1. The van der Waals surface area contributed by atoms with Gasteiger partial charge in [-0.15, -0.1) is 10.2 Å². The van der Waals surface area contributed by atoms with Gasteiger partial charge in [0.05, 0.1) is 5.56 Å². The quantitative estimate of drug-likeness (QED) is 0.569. The number of benzene rings is 1. The number of Topliss-reactive ketones (excluding diaryl/α,β-unsaturated/α-hetero) is 1. The number of nitrogens with zero attached hydrogens (tertiary/aromatic N) is 5. The lowest BCUT2D eigenvalue weighted by molar-refractivity contribution is -0.125. The number of carbonyl (C=O) groups excluding carboxylic acids is 2. The number of rotatable bonds is 4. The molecule has 5 rings (SSSR count). The molecule has 9 nitrogen and oxygen atoms in total. The van der Waals surface area contributed by atoms with Gasteiger partial charge in [0.1, 0.15) is 28.1 Å². The first-order chi connectivity index (χ1) is 17.2. The molecule has 1 fully saturated rings. The Hall–Kier alpha value is -3.67. The second-order valence-electron chi connectivity index (χ2n) is 8.95. The van der Waals surface area contributed by atoms with E-state index in [0.717, 1.165) is 23.5 Å². The summed E-state index contributed by atoms with van der Waals surface area (Å²) in [6, 6.07) is 3.24. The van der Waals surface area contributed by atoms with Crippen LogP contribution in [0.15, 0.2) is 29.2 Å². The normalized spacial score (nSPS) is 19.8. The molecule has 1 saturated carbocycles. The highest BCUT2D eigenvalue weighted by atomic mass is 32.1. The fourth-order valence-corrected chi connectivity index (χ4v) is 6.01. The van der Waals surface area contributed by atoms with Crippen molar-refractivity contribution in [2.45, 2.75) is 44.7 Å². The molecule has 1 aliphatic carbocycles. The van der Waals surface area contributed by atoms with E-state index in [-0.39, 0.29) is 40.5 Å². The van der Waals surface area contributed by atoms with E-state index in [9.17, 15) is 28.3 Å². The van der Waals surface area contributed by atoms with E-state index < -0.39 is 34.4 Å². The third kappa shape index (κ3) is 3.67. The fourth-order valence-electron chi connectivity index (χ4n) is 5.14. The van der Waals surface area contributed by atoms with E-state index in [4.69, 9.17) is 0 Å². The van der Waals surface area contributed by atoms with E-state index in [2.05, 4.69) is 10.2 Å². The maximum Gasteiger partial charge on any atom is 0.278 e. The zero-order valence-electron chi connectivity index (χ0n) is 19.6. The molecule has 0 bridgehead atoms. The van der Waals surface area contributed by atoms with E-state index in [1.54, 1.807) is 23.9 Å². The van der Waals surface area contributed by atoms with Gasteiger partial charge in [0.25, 0.3) is 5.91 Å².